The normalized spacial score (nSPS) is 27.2. The number of rotatable bonds is 4. The lowest BCUT2D eigenvalue weighted by atomic mass is 10.2. The average Bonchev–Trinajstić information content (AvgIpc) is 2.87. The first-order valence-electron chi connectivity index (χ1n) is 6.15. The number of aromatic nitrogens is 1. The molecule has 3 unspecified atom stereocenters. The van der Waals surface area contributed by atoms with Gasteiger partial charge >= 0.3 is 0 Å². The highest BCUT2D eigenvalue weighted by molar-refractivity contribution is 7.11. The van der Waals surface area contributed by atoms with Crippen molar-refractivity contribution in [3.8, 4) is 0 Å². The van der Waals surface area contributed by atoms with Crippen molar-refractivity contribution >= 4 is 11.3 Å². The summed E-state index contributed by atoms with van der Waals surface area (Å²) in [6.45, 7) is 4.37. The highest BCUT2D eigenvalue weighted by Crippen LogP contribution is 2.24. The van der Waals surface area contributed by atoms with Crippen molar-refractivity contribution in [1.82, 2.24) is 10.3 Å². The molecule has 0 aromatic carbocycles. The van der Waals surface area contributed by atoms with Gasteiger partial charge in [0.25, 0.3) is 0 Å². The summed E-state index contributed by atoms with van der Waals surface area (Å²) in [5.74, 6) is 0. The molecule has 0 spiro atoms. The average molecular weight is 239 g/mol. The van der Waals surface area contributed by atoms with E-state index in [1.807, 2.05) is 17.5 Å². The summed E-state index contributed by atoms with van der Waals surface area (Å²) in [6.07, 6.45) is 6.55. The minimum absolute atomic E-state index is 0.362. The number of nitrogens with two attached hydrogens (primary N) is 1. The van der Waals surface area contributed by atoms with Gasteiger partial charge in [-0.3, -0.25) is 0 Å². The molecule has 4 heteroatoms. The summed E-state index contributed by atoms with van der Waals surface area (Å²) in [5.41, 5.74) is 5.91. The van der Waals surface area contributed by atoms with Crippen LogP contribution in [0.15, 0.2) is 6.20 Å². The molecule has 2 rings (SSSR count). The van der Waals surface area contributed by atoms with E-state index in [2.05, 4.69) is 24.1 Å². The standard InChI is InChI=1S/C12H21N3S/c1-3-11-7-14-12(16-11)8(2)15-10-5-4-9(13)6-10/h7-10,15H,3-6,13H2,1-2H3. The lowest BCUT2D eigenvalue weighted by molar-refractivity contribution is 0.456. The van der Waals surface area contributed by atoms with E-state index in [1.54, 1.807) is 0 Å². The molecular formula is C12H21N3S. The van der Waals surface area contributed by atoms with Crippen LogP contribution >= 0.6 is 11.3 Å². The van der Waals surface area contributed by atoms with E-state index in [-0.39, 0.29) is 0 Å². The van der Waals surface area contributed by atoms with Crippen LogP contribution in [-0.4, -0.2) is 17.1 Å². The molecule has 1 fully saturated rings. The van der Waals surface area contributed by atoms with Gasteiger partial charge in [0.15, 0.2) is 0 Å². The van der Waals surface area contributed by atoms with Gasteiger partial charge in [-0.1, -0.05) is 6.92 Å². The number of nitrogens with zero attached hydrogens (tertiary/aromatic N) is 1. The Labute approximate surface area is 101 Å². The van der Waals surface area contributed by atoms with E-state index in [0.717, 1.165) is 19.3 Å². The zero-order valence-corrected chi connectivity index (χ0v) is 10.9. The van der Waals surface area contributed by atoms with Crippen LogP contribution in [0.4, 0.5) is 0 Å². The van der Waals surface area contributed by atoms with E-state index < -0.39 is 0 Å². The Morgan fingerprint density at radius 3 is 3.00 bits per heavy atom. The van der Waals surface area contributed by atoms with E-state index in [0.29, 0.717) is 18.1 Å². The van der Waals surface area contributed by atoms with Crippen molar-refractivity contribution < 1.29 is 0 Å². The molecule has 90 valence electrons. The van der Waals surface area contributed by atoms with Crippen molar-refractivity contribution in [3.05, 3.63) is 16.1 Å². The Balaban J connectivity index is 1.89. The topological polar surface area (TPSA) is 50.9 Å². The highest BCUT2D eigenvalue weighted by Gasteiger charge is 2.23. The lowest BCUT2D eigenvalue weighted by Gasteiger charge is -2.17. The van der Waals surface area contributed by atoms with Crippen molar-refractivity contribution in [2.45, 2.75) is 57.7 Å². The molecule has 0 aliphatic heterocycles. The van der Waals surface area contributed by atoms with Gasteiger partial charge in [-0.25, -0.2) is 4.98 Å². The van der Waals surface area contributed by atoms with Crippen LogP contribution in [-0.2, 0) is 6.42 Å². The molecule has 3 atom stereocenters. The summed E-state index contributed by atoms with van der Waals surface area (Å²) < 4.78 is 0. The minimum atomic E-state index is 0.362. The third-order valence-corrected chi connectivity index (χ3v) is 4.57. The zero-order chi connectivity index (χ0) is 11.5. The molecule has 0 radical (unpaired) electrons. The Kier molecular flexibility index (Phi) is 3.95. The Hall–Kier alpha value is -0.450. The minimum Gasteiger partial charge on any atom is -0.328 e. The molecule has 1 aromatic rings. The van der Waals surface area contributed by atoms with Crippen molar-refractivity contribution in [1.29, 1.82) is 0 Å². The Morgan fingerprint density at radius 2 is 2.44 bits per heavy atom. The molecule has 0 bridgehead atoms. The molecule has 16 heavy (non-hydrogen) atoms. The second-order valence-corrected chi connectivity index (χ2v) is 5.82. The van der Waals surface area contributed by atoms with E-state index in [1.165, 1.54) is 16.3 Å². The summed E-state index contributed by atoms with van der Waals surface area (Å²) in [4.78, 5) is 5.84. The van der Waals surface area contributed by atoms with Crippen molar-refractivity contribution in [3.63, 3.8) is 0 Å². The van der Waals surface area contributed by atoms with Crippen molar-refractivity contribution in [2.24, 2.45) is 5.73 Å². The number of hydrogen-bond donors (Lipinski definition) is 2. The third kappa shape index (κ3) is 2.81. The third-order valence-electron chi connectivity index (χ3n) is 3.25. The highest BCUT2D eigenvalue weighted by atomic mass is 32.1. The van der Waals surface area contributed by atoms with Crippen molar-refractivity contribution in [2.75, 3.05) is 0 Å². The molecule has 3 nitrogen and oxygen atoms in total. The van der Waals surface area contributed by atoms with Gasteiger partial charge in [0.2, 0.25) is 0 Å². The molecule has 1 aliphatic carbocycles. The van der Waals surface area contributed by atoms with Gasteiger partial charge < -0.3 is 11.1 Å². The second kappa shape index (κ2) is 5.25. The molecule has 1 aliphatic rings. The monoisotopic (exact) mass is 239 g/mol. The molecule has 1 saturated carbocycles. The molecular weight excluding hydrogens is 218 g/mol. The SMILES string of the molecule is CCc1cnc(C(C)NC2CCC(N)C2)s1. The number of nitrogens with one attached hydrogen (secondary N) is 1. The second-order valence-electron chi connectivity index (χ2n) is 4.68. The first-order valence-corrected chi connectivity index (χ1v) is 6.97. The zero-order valence-electron chi connectivity index (χ0n) is 10.1. The molecule has 0 saturated heterocycles. The number of thiazole rings is 1. The summed E-state index contributed by atoms with van der Waals surface area (Å²) in [7, 11) is 0. The lowest BCUT2D eigenvalue weighted by Crippen LogP contribution is -2.30. The van der Waals surface area contributed by atoms with Gasteiger partial charge in [0.05, 0.1) is 6.04 Å². The van der Waals surface area contributed by atoms with Crippen LogP contribution in [0.5, 0.6) is 0 Å². The molecule has 1 heterocycles. The number of aryl methyl sites for hydroxylation is 1. The predicted molar refractivity (Wildman–Crippen MR) is 68.7 cm³/mol. The first kappa shape index (κ1) is 12.0. The van der Waals surface area contributed by atoms with Gasteiger partial charge in [0.1, 0.15) is 5.01 Å². The largest absolute Gasteiger partial charge is 0.328 e. The van der Waals surface area contributed by atoms with Crippen LogP contribution in [0.2, 0.25) is 0 Å². The van der Waals surface area contributed by atoms with Gasteiger partial charge in [-0.15, -0.1) is 11.3 Å². The molecule has 3 N–H and O–H groups in total. The number of hydrogen-bond acceptors (Lipinski definition) is 4. The predicted octanol–water partition coefficient (Wildman–Crippen LogP) is 2.24. The Bertz CT molecular complexity index is 337. The van der Waals surface area contributed by atoms with Crippen LogP contribution in [0, 0.1) is 0 Å². The van der Waals surface area contributed by atoms with Gasteiger partial charge in [-0.2, -0.15) is 0 Å². The fourth-order valence-corrected chi connectivity index (χ4v) is 3.15. The first-order chi connectivity index (χ1) is 7.69. The van der Waals surface area contributed by atoms with Gasteiger partial charge in [0, 0.05) is 23.2 Å². The van der Waals surface area contributed by atoms with Crippen LogP contribution in [0.25, 0.3) is 0 Å². The van der Waals surface area contributed by atoms with E-state index in [9.17, 15) is 0 Å². The van der Waals surface area contributed by atoms with Crippen LogP contribution < -0.4 is 11.1 Å². The summed E-state index contributed by atoms with van der Waals surface area (Å²) >= 11 is 1.82. The smallest absolute Gasteiger partial charge is 0.109 e. The maximum atomic E-state index is 5.91. The maximum absolute atomic E-state index is 5.91. The Morgan fingerprint density at radius 1 is 1.62 bits per heavy atom. The summed E-state index contributed by atoms with van der Waals surface area (Å²) in [6, 6.07) is 1.34. The van der Waals surface area contributed by atoms with Crippen LogP contribution in [0.3, 0.4) is 0 Å². The van der Waals surface area contributed by atoms with E-state index in [4.69, 9.17) is 5.73 Å². The fourth-order valence-electron chi connectivity index (χ4n) is 2.28. The maximum Gasteiger partial charge on any atom is 0.109 e. The molecule has 0 amide bonds. The quantitative estimate of drug-likeness (QED) is 0.847. The van der Waals surface area contributed by atoms with E-state index >= 15 is 0 Å². The fraction of sp³-hybridized carbons (Fsp3) is 0.750. The van der Waals surface area contributed by atoms with Gasteiger partial charge in [-0.05, 0) is 32.6 Å². The summed E-state index contributed by atoms with van der Waals surface area (Å²) in [5, 5.41) is 4.84. The van der Waals surface area contributed by atoms with Crippen LogP contribution in [0.1, 0.15) is 49.0 Å². The molecule has 1 aromatic heterocycles.